The van der Waals surface area contributed by atoms with Crippen LogP contribution >= 0.6 is 0 Å². The first-order valence-electron chi connectivity index (χ1n) is 9.50. The summed E-state index contributed by atoms with van der Waals surface area (Å²) >= 11 is 0. The van der Waals surface area contributed by atoms with Gasteiger partial charge in [-0.25, -0.2) is 17.5 Å². The predicted octanol–water partition coefficient (Wildman–Crippen LogP) is 3.61. The topological polar surface area (TPSA) is 75.3 Å². The quantitative estimate of drug-likeness (QED) is 0.772. The molecule has 7 heteroatoms. The van der Waals surface area contributed by atoms with E-state index in [0.717, 1.165) is 37.0 Å². The van der Waals surface area contributed by atoms with Crippen LogP contribution in [-0.4, -0.2) is 20.4 Å². The largest absolute Gasteiger partial charge is 0.349 e. The number of sulfonamides is 1. The number of hydrogen-bond acceptors (Lipinski definition) is 3. The number of carbonyl (C=O) groups excluding carboxylic acids is 1. The average Bonchev–Trinajstić information content (AvgIpc) is 2.69. The van der Waals surface area contributed by atoms with E-state index in [4.69, 9.17) is 0 Å². The summed E-state index contributed by atoms with van der Waals surface area (Å²) in [5.41, 5.74) is 1.29. The monoisotopic (exact) mass is 404 g/mol. The van der Waals surface area contributed by atoms with Gasteiger partial charge < -0.3 is 5.32 Å². The normalized spacial score (nSPS) is 19.9. The van der Waals surface area contributed by atoms with Crippen molar-refractivity contribution in [1.29, 1.82) is 0 Å². The fraction of sp³-hybridized carbons (Fsp3) is 0.381. The van der Waals surface area contributed by atoms with Crippen LogP contribution in [0.2, 0.25) is 0 Å². The van der Waals surface area contributed by atoms with E-state index in [1.54, 1.807) is 24.3 Å². The summed E-state index contributed by atoms with van der Waals surface area (Å²) in [5, 5.41) is 3.11. The highest BCUT2D eigenvalue weighted by Crippen LogP contribution is 2.24. The minimum absolute atomic E-state index is 0.00602. The van der Waals surface area contributed by atoms with Crippen LogP contribution in [0, 0.1) is 11.7 Å². The number of hydrogen-bond donors (Lipinski definition) is 2. The molecular weight excluding hydrogens is 379 g/mol. The molecule has 0 bridgehead atoms. The van der Waals surface area contributed by atoms with Gasteiger partial charge in [-0.2, -0.15) is 0 Å². The van der Waals surface area contributed by atoms with Crippen molar-refractivity contribution in [2.24, 2.45) is 5.92 Å². The summed E-state index contributed by atoms with van der Waals surface area (Å²) in [6.07, 6.45) is 4.51. The molecule has 5 nitrogen and oxygen atoms in total. The van der Waals surface area contributed by atoms with Crippen LogP contribution in [-0.2, 0) is 16.6 Å². The Morgan fingerprint density at radius 3 is 2.32 bits per heavy atom. The Kier molecular flexibility index (Phi) is 6.46. The highest BCUT2D eigenvalue weighted by molar-refractivity contribution is 7.89. The van der Waals surface area contributed by atoms with Gasteiger partial charge in [-0.15, -0.1) is 0 Å². The number of rotatable bonds is 6. The third-order valence-corrected chi connectivity index (χ3v) is 6.65. The second-order valence-electron chi connectivity index (χ2n) is 7.32. The van der Waals surface area contributed by atoms with Gasteiger partial charge in [-0.05, 0) is 60.7 Å². The average molecular weight is 405 g/mol. The Labute approximate surface area is 165 Å². The minimum Gasteiger partial charge on any atom is -0.349 e. The zero-order chi connectivity index (χ0) is 20.1. The van der Waals surface area contributed by atoms with Crippen LogP contribution in [0.5, 0.6) is 0 Å². The molecule has 1 aliphatic carbocycles. The molecule has 1 amide bonds. The molecule has 0 unspecified atom stereocenters. The zero-order valence-corrected chi connectivity index (χ0v) is 16.6. The zero-order valence-electron chi connectivity index (χ0n) is 15.8. The van der Waals surface area contributed by atoms with Crippen LogP contribution in [0.4, 0.5) is 4.39 Å². The van der Waals surface area contributed by atoms with Crippen molar-refractivity contribution >= 4 is 15.9 Å². The van der Waals surface area contributed by atoms with Gasteiger partial charge in [0.1, 0.15) is 5.82 Å². The van der Waals surface area contributed by atoms with Crippen LogP contribution < -0.4 is 10.0 Å². The highest BCUT2D eigenvalue weighted by Gasteiger charge is 2.23. The molecular formula is C21H25FN2O3S. The Morgan fingerprint density at radius 2 is 1.68 bits per heavy atom. The van der Waals surface area contributed by atoms with E-state index < -0.39 is 15.8 Å². The molecule has 0 spiro atoms. The van der Waals surface area contributed by atoms with Crippen molar-refractivity contribution < 1.29 is 17.6 Å². The lowest BCUT2D eigenvalue weighted by Gasteiger charge is -2.29. The second kappa shape index (κ2) is 8.84. The second-order valence-corrected chi connectivity index (χ2v) is 9.08. The van der Waals surface area contributed by atoms with Crippen molar-refractivity contribution in [3.8, 4) is 0 Å². The Bertz CT molecular complexity index is 912. The molecule has 0 saturated heterocycles. The molecule has 28 heavy (non-hydrogen) atoms. The molecule has 2 aromatic rings. The van der Waals surface area contributed by atoms with Crippen molar-refractivity contribution in [2.75, 3.05) is 0 Å². The maximum Gasteiger partial charge on any atom is 0.251 e. The SMILES string of the molecule is C[C@@H]1CCCC[C@@H]1NC(=O)c1ccc(CNS(=O)(=O)c2ccc(F)cc2)cc1. The molecule has 0 radical (unpaired) electrons. The summed E-state index contributed by atoms with van der Waals surface area (Å²) < 4.78 is 39.9. The third kappa shape index (κ3) is 5.17. The lowest BCUT2D eigenvalue weighted by molar-refractivity contribution is 0.0910. The number of amides is 1. The lowest BCUT2D eigenvalue weighted by Crippen LogP contribution is -2.41. The van der Waals surface area contributed by atoms with Gasteiger partial charge in [0, 0.05) is 18.2 Å². The first-order chi connectivity index (χ1) is 13.3. The molecule has 1 fully saturated rings. The number of carbonyl (C=O) groups is 1. The fourth-order valence-electron chi connectivity index (χ4n) is 3.43. The summed E-state index contributed by atoms with van der Waals surface area (Å²) in [6.45, 7) is 2.25. The number of nitrogens with one attached hydrogen (secondary N) is 2. The van der Waals surface area contributed by atoms with E-state index in [9.17, 15) is 17.6 Å². The Balaban J connectivity index is 1.58. The predicted molar refractivity (Wildman–Crippen MR) is 106 cm³/mol. The van der Waals surface area contributed by atoms with Gasteiger partial charge in [-0.3, -0.25) is 4.79 Å². The van der Waals surface area contributed by atoms with Gasteiger partial charge >= 0.3 is 0 Å². The van der Waals surface area contributed by atoms with Crippen molar-refractivity contribution in [1.82, 2.24) is 10.0 Å². The number of benzene rings is 2. The maximum absolute atomic E-state index is 13.0. The molecule has 3 rings (SSSR count). The third-order valence-electron chi connectivity index (χ3n) is 5.23. The van der Waals surface area contributed by atoms with Crippen molar-refractivity contribution in [2.45, 2.75) is 50.1 Å². The molecule has 150 valence electrons. The highest BCUT2D eigenvalue weighted by atomic mass is 32.2. The van der Waals surface area contributed by atoms with Crippen LogP contribution in [0.25, 0.3) is 0 Å². The Morgan fingerprint density at radius 1 is 1.04 bits per heavy atom. The van der Waals surface area contributed by atoms with E-state index in [-0.39, 0.29) is 23.4 Å². The van der Waals surface area contributed by atoms with E-state index in [1.165, 1.54) is 18.6 Å². The van der Waals surface area contributed by atoms with Crippen LogP contribution in [0.1, 0.15) is 48.5 Å². The molecule has 1 saturated carbocycles. The van der Waals surface area contributed by atoms with E-state index >= 15 is 0 Å². The first kappa shape index (κ1) is 20.5. The molecule has 2 aromatic carbocycles. The fourth-order valence-corrected chi connectivity index (χ4v) is 4.45. The first-order valence-corrected chi connectivity index (χ1v) is 11.0. The van der Waals surface area contributed by atoms with E-state index in [0.29, 0.717) is 11.5 Å². The Hall–Kier alpha value is -2.25. The molecule has 0 aliphatic heterocycles. The molecule has 1 aliphatic rings. The van der Waals surface area contributed by atoms with Crippen LogP contribution in [0.3, 0.4) is 0 Å². The van der Waals surface area contributed by atoms with Gasteiger partial charge in [0.25, 0.3) is 5.91 Å². The standard InChI is InChI=1S/C21H25FN2O3S/c1-15-4-2-3-5-20(15)24-21(25)17-8-6-16(7-9-17)14-23-28(26,27)19-12-10-18(22)11-13-19/h6-13,15,20,23H,2-5,14H2,1H3,(H,24,25)/t15-,20+/m1/s1. The molecule has 2 N–H and O–H groups in total. The van der Waals surface area contributed by atoms with Crippen molar-refractivity contribution in [3.05, 3.63) is 65.5 Å². The molecule has 2 atom stereocenters. The van der Waals surface area contributed by atoms with Gasteiger partial charge in [0.05, 0.1) is 4.90 Å². The van der Waals surface area contributed by atoms with E-state index in [1.807, 2.05) is 0 Å². The minimum atomic E-state index is -3.72. The lowest BCUT2D eigenvalue weighted by atomic mass is 9.86. The summed E-state index contributed by atoms with van der Waals surface area (Å²) in [5.74, 6) is -0.106. The van der Waals surface area contributed by atoms with Crippen LogP contribution in [0.15, 0.2) is 53.4 Å². The maximum atomic E-state index is 13.0. The van der Waals surface area contributed by atoms with Crippen molar-refractivity contribution in [3.63, 3.8) is 0 Å². The van der Waals surface area contributed by atoms with Gasteiger partial charge in [-0.1, -0.05) is 31.9 Å². The summed E-state index contributed by atoms with van der Waals surface area (Å²) in [6, 6.07) is 11.7. The summed E-state index contributed by atoms with van der Waals surface area (Å²) in [4.78, 5) is 12.5. The molecule has 0 aromatic heterocycles. The van der Waals surface area contributed by atoms with Gasteiger partial charge in [0.2, 0.25) is 10.0 Å². The number of halogens is 1. The summed E-state index contributed by atoms with van der Waals surface area (Å²) in [7, 11) is -3.72. The smallest absolute Gasteiger partial charge is 0.251 e. The molecule has 0 heterocycles. The van der Waals surface area contributed by atoms with Gasteiger partial charge in [0.15, 0.2) is 0 Å². The van der Waals surface area contributed by atoms with E-state index in [2.05, 4.69) is 17.0 Å².